The van der Waals surface area contributed by atoms with Crippen LogP contribution in [0, 0.1) is 0 Å². The van der Waals surface area contributed by atoms with Crippen LogP contribution < -0.4 is 5.32 Å². The second-order valence-corrected chi connectivity index (χ2v) is 4.91. The Morgan fingerprint density at radius 1 is 1.29 bits per heavy atom. The van der Waals surface area contributed by atoms with Crippen molar-refractivity contribution in [2.24, 2.45) is 0 Å². The van der Waals surface area contributed by atoms with E-state index in [2.05, 4.69) is 17.1 Å². The minimum absolute atomic E-state index is 0.0697. The summed E-state index contributed by atoms with van der Waals surface area (Å²) in [4.78, 5) is 15.9. The average Bonchev–Trinajstić information content (AvgIpc) is 2.84. The standard InChI is InChI=1S/C13H27N3O/c1-3-4-5-8-14-13(17)15(2)11-12-16-9-6-7-10-16/h3-12H2,1-2H3,(H,14,17). The topological polar surface area (TPSA) is 35.6 Å². The van der Waals surface area contributed by atoms with Gasteiger partial charge in [0.25, 0.3) is 0 Å². The smallest absolute Gasteiger partial charge is 0.317 e. The van der Waals surface area contributed by atoms with E-state index in [0.29, 0.717) is 0 Å². The summed E-state index contributed by atoms with van der Waals surface area (Å²) in [7, 11) is 1.88. The molecule has 0 radical (unpaired) electrons. The number of carbonyl (C=O) groups excluding carboxylic acids is 1. The summed E-state index contributed by atoms with van der Waals surface area (Å²) in [6, 6.07) is 0.0697. The number of nitrogens with one attached hydrogen (secondary N) is 1. The third-order valence-electron chi connectivity index (χ3n) is 3.35. The van der Waals surface area contributed by atoms with Crippen LogP contribution >= 0.6 is 0 Å². The van der Waals surface area contributed by atoms with E-state index in [9.17, 15) is 4.79 Å². The van der Waals surface area contributed by atoms with Crippen molar-refractivity contribution in [2.45, 2.75) is 39.0 Å². The van der Waals surface area contributed by atoms with E-state index in [-0.39, 0.29) is 6.03 Å². The maximum absolute atomic E-state index is 11.7. The van der Waals surface area contributed by atoms with E-state index in [1.54, 1.807) is 4.90 Å². The monoisotopic (exact) mass is 241 g/mol. The molecule has 0 aromatic heterocycles. The van der Waals surface area contributed by atoms with Gasteiger partial charge in [-0.3, -0.25) is 0 Å². The maximum atomic E-state index is 11.7. The molecule has 0 saturated carbocycles. The van der Waals surface area contributed by atoms with E-state index >= 15 is 0 Å². The number of carbonyl (C=O) groups is 1. The number of unbranched alkanes of at least 4 members (excludes halogenated alkanes) is 2. The predicted octanol–water partition coefficient (Wildman–Crippen LogP) is 1.91. The van der Waals surface area contributed by atoms with Crippen LogP contribution in [0.3, 0.4) is 0 Å². The SMILES string of the molecule is CCCCCNC(=O)N(C)CCN1CCCC1. The quantitative estimate of drug-likeness (QED) is 0.691. The Morgan fingerprint density at radius 3 is 2.65 bits per heavy atom. The average molecular weight is 241 g/mol. The number of hydrogen-bond donors (Lipinski definition) is 1. The van der Waals surface area contributed by atoms with Crippen molar-refractivity contribution in [3.63, 3.8) is 0 Å². The van der Waals surface area contributed by atoms with Gasteiger partial charge in [-0.25, -0.2) is 4.79 Å². The number of rotatable bonds is 7. The molecule has 100 valence electrons. The number of likely N-dealkylation sites (tertiary alicyclic amines) is 1. The molecule has 17 heavy (non-hydrogen) atoms. The molecule has 0 aromatic carbocycles. The van der Waals surface area contributed by atoms with E-state index < -0.39 is 0 Å². The first-order chi connectivity index (χ1) is 8.24. The third kappa shape index (κ3) is 5.91. The fourth-order valence-electron chi connectivity index (χ4n) is 2.10. The highest BCUT2D eigenvalue weighted by Crippen LogP contribution is 2.06. The fourth-order valence-corrected chi connectivity index (χ4v) is 2.10. The van der Waals surface area contributed by atoms with Gasteiger partial charge < -0.3 is 15.1 Å². The van der Waals surface area contributed by atoms with Gasteiger partial charge in [0, 0.05) is 26.7 Å². The zero-order valence-electron chi connectivity index (χ0n) is 11.4. The van der Waals surface area contributed by atoms with Crippen molar-refractivity contribution in [3.8, 4) is 0 Å². The number of amides is 2. The second-order valence-electron chi connectivity index (χ2n) is 4.91. The van der Waals surface area contributed by atoms with Crippen LogP contribution in [-0.4, -0.2) is 55.6 Å². The normalized spacial score (nSPS) is 16.1. The van der Waals surface area contributed by atoms with Crippen molar-refractivity contribution >= 4 is 6.03 Å². The summed E-state index contributed by atoms with van der Waals surface area (Å²) in [5, 5.41) is 2.96. The molecule has 1 fully saturated rings. The zero-order valence-corrected chi connectivity index (χ0v) is 11.4. The van der Waals surface area contributed by atoms with Gasteiger partial charge in [-0.15, -0.1) is 0 Å². The zero-order chi connectivity index (χ0) is 12.5. The number of hydrogen-bond acceptors (Lipinski definition) is 2. The molecular formula is C13H27N3O. The Bertz CT molecular complexity index is 215. The number of likely N-dealkylation sites (N-methyl/N-ethyl adjacent to an activating group) is 1. The molecular weight excluding hydrogens is 214 g/mol. The van der Waals surface area contributed by atoms with Crippen LogP contribution in [0.5, 0.6) is 0 Å². The Balaban J connectivity index is 2.04. The van der Waals surface area contributed by atoms with Crippen molar-refractivity contribution in [3.05, 3.63) is 0 Å². The first-order valence-corrected chi connectivity index (χ1v) is 6.95. The largest absolute Gasteiger partial charge is 0.338 e. The Hall–Kier alpha value is -0.770. The summed E-state index contributed by atoms with van der Waals surface area (Å²) < 4.78 is 0. The molecule has 0 atom stereocenters. The molecule has 0 aromatic rings. The van der Waals surface area contributed by atoms with Gasteiger partial charge in [-0.1, -0.05) is 19.8 Å². The molecule has 0 unspecified atom stereocenters. The van der Waals surface area contributed by atoms with Crippen LogP contribution in [0.15, 0.2) is 0 Å². The van der Waals surface area contributed by atoms with E-state index in [1.807, 2.05) is 7.05 Å². The molecule has 2 amide bonds. The molecule has 1 rings (SSSR count). The van der Waals surface area contributed by atoms with Crippen LogP contribution in [0.25, 0.3) is 0 Å². The van der Waals surface area contributed by atoms with E-state index in [0.717, 1.165) is 26.1 Å². The fraction of sp³-hybridized carbons (Fsp3) is 0.923. The molecule has 0 spiro atoms. The van der Waals surface area contributed by atoms with Gasteiger partial charge in [0.15, 0.2) is 0 Å². The van der Waals surface area contributed by atoms with Crippen LogP contribution in [0.1, 0.15) is 39.0 Å². The number of urea groups is 1. The van der Waals surface area contributed by atoms with Crippen molar-refractivity contribution < 1.29 is 4.79 Å². The van der Waals surface area contributed by atoms with Crippen molar-refractivity contribution in [2.75, 3.05) is 39.8 Å². The predicted molar refractivity (Wildman–Crippen MR) is 71.2 cm³/mol. The molecule has 1 aliphatic rings. The van der Waals surface area contributed by atoms with E-state index in [1.165, 1.54) is 38.8 Å². The second kappa shape index (κ2) is 8.34. The molecule has 0 aliphatic carbocycles. The number of nitrogens with zero attached hydrogens (tertiary/aromatic N) is 2. The van der Waals surface area contributed by atoms with Crippen LogP contribution in [0.4, 0.5) is 4.79 Å². The van der Waals surface area contributed by atoms with Crippen LogP contribution in [0.2, 0.25) is 0 Å². The maximum Gasteiger partial charge on any atom is 0.317 e. The summed E-state index contributed by atoms with van der Waals surface area (Å²) >= 11 is 0. The first kappa shape index (κ1) is 14.3. The lowest BCUT2D eigenvalue weighted by Crippen LogP contribution is -2.41. The third-order valence-corrected chi connectivity index (χ3v) is 3.35. The summed E-state index contributed by atoms with van der Waals surface area (Å²) in [6.07, 6.45) is 6.10. The van der Waals surface area contributed by atoms with E-state index in [4.69, 9.17) is 0 Å². The van der Waals surface area contributed by atoms with Gasteiger partial charge in [-0.05, 0) is 32.4 Å². The molecule has 4 nitrogen and oxygen atoms in total. The Labute approximate surface area is 105 Å². The highest BCUT2D eigenvalue weighted by Gasteiger charge is 2.13. The summed E-state index contributed by atoms with van der Waals surface area (Å²) in [5.74, 6) is 0. The minimum atomic E-state index is 0.0697. The lowest BCUT2D eigenvalue weighted by molar-refractivity contribution is 0.200. The van der Waals surface area contributed by atoms with Gasteiger partial charge >= 0.3 is 6.03 Å². The lowest BCUT2D eigenvalue weighted by Gasteiger charge is -2.21. The Kier molecular flexibility index (Phi) is 7.01. The van der Waals surface area contributed by atoms with Gasteiger partial charge in [0.05, 0.1) is 0 Å². The molecule has 1 saturated heterocycles. The molecule has 1 heterocycles. The molecule has 1 N–H and O–H groups in total. The highest BCUT2D eigenvalue weighted by molar-refractivity contribution is 5.73. The molecule has 1 aliphatic heterocycles. The highest BCUT2D eigenvalue weighted by atomic mass is 16.2. The van der Waals surface area contributed by atoms with Gasteiger partial charge in [-0.2, -0.15) is 0 Å². The molecule has 4 heteroatoms. The summed E-state index contributed by atoms with van der Waals surface area (Å²) in [6.45, 7) is 7.22. The van der Waals surface area contributed by atoms with Gasteiger partial charge in [0.1, 0.15) is 0 Å². The molecule has 0 bridgehead atoms. The summed E-state index contributed by atoms with van der Waals surface area (Å²) in [5.41, 5.74) is 0. The Morgan fingerprint density at radius 2 is 2.00 bits per heavy atom. The van der Waals surface area contributed by atoms with Crippen molar-refractivity contribution in [1.29, 1.82) is 0 Å². The lowest BCUT2D eigenvalue weighted by atomic mass is 10.2. The minimum Gasteiger partial charge on any atom is -0.338 e. The van der Waals surface area contributed by atoms with Crippen LogP contribution in [-0.2, 0) is 0 Å². The van der Waals surface area contributed by atoms with Gasteiger partial charge in [0.2, 0.25) is 0 Å². The van der Waals surface area contributed by atoms with Crippen molar-refractivity contribution in [1.82, 2.24) is 15.1 Å². The first-order valence-electron chi connectivity index (χ1n) is 6.95.